The molecule has 2 aliphatic rings. The fourth-order valence-corrected chi connectivity index (χ4v) is 3.42. The highest BCUT2D eigenvalue weighted by Crippen LogP contribution is 2.31. The molecule has 2 rings (SSSR count). The summed E-state index contributed by atoms with van der Waals surface area (Å²) in [4.78, 5) is 25.3. The Morgan fingerprint density at radius 3 is 2.43 bits per heavy atom. The third-order valence-corrected chi connectivity index (χ3v) is 4.73. The number of carbonyl (C=O) groups is 2. The Kier molecular flexibility index (Phi) is 5.45. The molecule has 1 heterocycles. The third kappa shape index (κ3) is 4.33. The number of ether oxygens (including phenoxy) is 1. The van der Waals surface area contributed by atoms with Crippen molar-refractivity contribution in [1.82, 2.24) is 10.2 Å². The summed E-state index contributed by atoms with van der Waals surface area (Å²) in [6.07, 6.45) is 6.29. The monoisotopic (exact) mass is 298 g/mol. The second-order valence-corrected chi connectivity index (χ2v) is 6.30. The Bertz CT molecular complexity index is 374. The Balaban J connectivity index is 1.97. The Morgan fingerprint density at radius 2 is 1.86 bits per heavy atom. The summed E-state index contributed by atoms with van der Waals surface area (Å²) in [6.45, 7) is 1.37. The van der Waals surface area contributed by atoms with Gasteiger partial charge in [-0.05, 0) is 25.7 Å². The number of carboxylic acid groups (broad SMARTS) is 1. The van der Waals surface area contributed by atoms with Crippen LogP contribution in [0, 0.1) is 0 Å². The number of hydrogen-bond donors (Lipinski definition) is 2. The molecular formula is C15H26N2O4. The number of urea groups is 1. The Morgan fingerprint density at radius 1 is 1.24 bits per heavy atom. The maximum Gasteiger partial charge on any atom is 0.317 e. The van der Waals surface area contributed by atoms with Crippen LogP contribution in [0.4, 0.5) is 4.79 Å². The average Bonchev–Trinajstić information content (AvgIpc) is 2.47. The van der Waals surface area contributed by atoms with Crippen molar-refractivity contribution in [2.45, 2.75) is 62.9 Å². The van der Waals surface area contributed by atoms with Gasteiger partial charge in [0.05, 0.1) is 12.0 Å². The first-order valence-electron chi connectivity index (χ1n) is 7.87. The summed E-state index contributed by atoms with van der Waals surface area (Å²) >= 11 is 0. The summed E-state index contributed by atoms with van der Waals surface area (Å²) in [5.41, 5.74) is -0.569. The van der Waals surface area contributed by atoms with E-state index in [9.17, 15) is 9.59 Å². The zero-order valence-corrected chi connectivity index (χ0v) is 12.8. The number of rotatable bonds is 4. The van der Waals surface area contributed by atoms with Crippen LogP contribution in [0.2, 0.25) is 0 Å². The summed E-state index contributed by atoms with van der Waals surface area (Å²) in [5, 5.41) is 12.2. The fraction of sp³-hybridized carbons (Fsp3) is 0.867. The molecule has 21 heavy (non-hydrogen) atoms. The minimum Gasteiger partial charge on any atom is -0.481 e. The minimum absolute atomic E-state index is 0.0142. The van der Waals surface area contributed by atoms with Gasteiger partial charge in [0.2, 0.25) is 0 Å². The van der Waals surface area contributed by atoms with Gasteiger partial charge in [-0.3, -0.25) is 4.79 Å². The van der Waals surface area contributed by atoms with Crippen molar-refractivity contribution >= 4 is 12.0 Å². The van der Waals surface area contributed by atoms with Gasteiger partial charge in [-0.2, -0.15) is 0 Å². The first kappa shape index (κ1) is 16.1. The smallest absolute Gasteiger partial charge is 0.317 e. The summed E-state index contributed by atoms with van der Waals surface area (Å²) in [6, 6.07) is 0.0364. The molecule has 0 radical (unpaired) electrons. The maximum absolute atomic E-state index is 12.5. The lowest BCUT2D eigenvalue weighted by atomic mass is 9.79. The zero-order chi connectivity index (χ0) is 15.3. The van der Waals surface area contributed by atoms with E-state index >= 15 is 0 Å². The molecule has 0 bridgehead atoms. The molecule has 6 nitrogen and oxygen atoms in total. The molecule has 1 aliphatic carbocycles. The molecule has 0 aromatic rings. The van der Waals surface area contributed by atoms with Crippen LogP contribution in [-0.4, -0.2) is 53.8 Å². The summed E-state index contributed by atoms with van der Waals surface area (Å²) in [7, 11) is 1.79. The van der Waals surface area contributed by atoms with Crippen LogP contribution >= 0.6 is 0 Å². The molecule has 1 saturated carbocycles. The highest BCUT2D eigenvalue weighted by atomic mass is 16.5. The van der Waals surface area contributed by atoms with Gasteiger partial charge >= 0.3 is 12.0 Å². The highest BCUT2D eigenvalue weighted by Gasteiger charge is 2.37. The van der Waals surface area contributed by atoms with Gasteiger partial charge in [0.25, 0.3) is 0 Å². The van der Waals surface area contributed by atoms with E-state index in [0.29, 0.717) is 13.2 Å². The van der Waals surface area contributed by atoms with Gasteiger partial charge in [0.1, 0.15) is 0 Å². The molecule has 1 saturated heterocycles. The number of hydrogen-bond acceptors (Lipinski definition) is 3. The van der Waals surface area contributed by atoms with Gasteiger partial charge < -0.3 is 20.1 Å². The first-order chi connectivity index (χ1) is 10.0. The van der Waals surface area contributed by atoms with Gasteiger partial charge in [-0.25, -0.2) is 4.79 Å². The van der Waals surface area contributed by atoms with E-state index in [1.165, 1.54) is 0 Å². The van der Waals surface area contributed by atoms with Crippen LogP contribution in [0.25, 0.3) is 0 Å². The van der Waals surface area contributed by atoms with E-state index in [-0.39, 0.29) is 18.5 Å². The number of carboxylic acids is 1. The van der Waals surface area contributed by atoms with Gasteiger partial charge in [0, 0.05) is 26.3 Å². The molecule has 0 unspecified atom stereocenters. The molecule has 0 spiro atoms. The Hall–Kier alpha value is -1.30. The van der Waals surface area contributed by atoms with Crippen LogP contribution in [0.3, 0.4) is 0 Å². The number of nitrogens with one attached hydrogen (secondary N) is 1. The second kappa shape index (κ2) is 7.11. The van der Waals surface area contributed by atoms with Crippen LogP contribution in [0.15, 0.2) is 0 Å². The van der Waals surface area contributed by atoms with E-state index in [1.807, 2.05) is 0 Å². The maximum atomic E-state index is 12.5. The lowest BCUT2D eigenvalue weighted by Crippen LogP contribution is -2.56. The standard InChI is InChI=1S/C15H26N2O4/c1-17(12-5-9-21-10-6-12)14(20)16-15(11-13(18)19)7-3-2-4-8-15/h12H,2-11H2,1H3,(H,16,20)(H,18,19). The topological polar surface area (TPSA) is 78.9 Å². The fourth-order valence-electron chi connectivity index (χ4n) is 3.42. The predicted molar refractivity (Wildman–Crippen MR) is 78.2 cm³/mol. The van der Waals surface area contributed by atoms with Crippen molar-refractivity contribution < 1.29 is 19.4 Å². The third-order valence-electron chi connectivity index (χ3n) is 4.73. The van der Waals surface area contributed by atoms with E-state index in [2.05, 4.69) is 5.32 Å². The van der Waals surface area contributed by atoms with Crippen LogP contribution < -0.4 is 5.32 Å². The van der Waals surface area contributed by atoms with Crippen molar-refractivity contribution in [2.24, 2.45) is 0 Å². The summed E-state index contributed by atoms with van der Waals surface area (Å²) < 4.78 is 5.32. The van der Waals surface area contributed by atoms with Crippen LogP contribution in [0.5, 0.6) is 0 Å². The first-order valence-corrected chi connectivity index (χ1v) is 7.87. The molecular weight excluding hydrogens is 272 g/mol. The van der Waals surface area contributed by atoms with Gasteiger partial charge in [0.15, 0.2) is 0 Å². The molecule has 2 fully saturated rings. The number of amides is 2. The van der Waals surface area contributed by atoms with Crippen LogP contribution in [0.1, 0.15) is 51.4 Å². The van der Waals surface area contributed by atoms with Crippen molar-refractivity contribution in [3.63, 3.8) is 0 Å². The second-order valence-electron chi connectivity index (χ2n) is 6.30. The van der Waals surface area contributed by atoms with Crippen molar-refractivity contribution in [3.8, 4) is 0 Å². The minimum atomic E-state index is -0.842. The van der Waals surface area contributed by atoms with E-state index in [0.717, 1.165) is 44.9 Å². The van der Waals surface area contributed by atoms with E-state index in [4.69, 9.17) is 9.84 Å². The molecule has 120 valence electrons. The number of aliphatic carboxylic acids is 1. The predicted octanol–water partition coefficient (Wildman–Crippen LogP) is 1.98. The number of nitrogens with zero attached hydrogens (tertiary/aromatic N) is 1. The molecule has 0 aromatic heterocycles. The van der Waals surface area contributed by atoms with Crippen molar-refractivity contribution in [1.29, 1.82) is 0 Å². The molecule has 1 aliphatic heterocycles. The molecule has 2 N–H and O–H groups in total. The largest absolute Gasteiger partial charge is 0.481 e. The quantitative estimate of drug-likeness (QED) is 0.832. The molecule has 6 heteroatoms. The summed E-state index contributed by atoms with van der Waals surface area (Å²) in [5.74, 6) is -0.842. The molecule has 0 aromatic carbocycles. The molecule has 0 atom stereocenters. The lowest BCUT2D eigenvalue weighted by Gasteiger charge is -2.40. The van der Waals surface area contributed by atoms with Crippen LogP contribution in [-0.2, 0) is 9.53 Å². The van der Waals surface area contributed by atoms with Crippen molar-refractivity contribution in [3.05, 3.63) is 0 Å². The SMILES string of the molecule is CN(C(=O)NC1(CC(=O)O)CCCCC1)C1CCOCC1. The molecule has 2 amide bonds. The highest BCUT2D eigenvalue weighted by molar-refractivity contribution is 5.77. The average molecular weight is 298 g/mol. The van der Waals surface area contributed by atoms with Gasteiger partial charge in [-0.15, -0.1) is 0 Å². The number of carbonyl (C=O) groups excluding carboxylic acids is 1. The van der Waals surface area contributed by atoms with E-state index < -0.39 is 11.5 Å². The lowest BCUT2D eigenvalue weighted by molar-refractivity contribution is -0.139. The van der Waals surface area contributed by atoms with Crippen molar-refractivity contribution in [2.75, 3.05) is 20.3 Å². The Labute approximate surface area is 125 Å². The zero-order valence-electron chi connectivity index (χ0n) is 12.8. The van der Waals surface area contributed by atoms with E-state index in [1.54, 1.807) is 11.9 Å². The normalized spacial score (nSPS) is 22.5. The van der Waals surface area contributed by atoms with Gasteiger partial charge in [-0.1, -0.05) is 19.3 Å².